The topological polar surface area (TPSA) is 63.4 Å². The van der Waals surface area contributed by atoms with Gasteiger partial charge in [-0.3, -0.25) is 10.1 Å². The van der Waals surface area contributed by atoms with E-state index in [0.717, 1.165) is 6.20 Å². The molecule has 0 bridgehead atoms. The van der Waals surface area contributed by atoms with Crippen molar-refractivity contribution >= 4 is 5.57 Å². The predicted octanol–water partition coefficient (Wildman–Crippen LogP) is 2.21. The number of benzene rings is 1. The van der Waals surface area contributed by atoms with E-state index >= 15 is 0 Å². The maximum Gasteiger partial charge on any atom is 0.241 e. The minimum absolute atomic E-state index is 0.137. The van der Waals surface area contributed by atoms with Gasteiger partial charge >= 0.3 is 0 Å². The average molecular weight is 225 g/mol. The molecule has 5 heteroatoms. The molecule has 86 valence electrons. The lowest BCUT2D eigenvalue weighted by molar-refractivity contribution is -0.402. The Morgan fingerprint density at radius 3 is 2.31 bits per heavy atom. The van der Waals surface area contributed by atoms with Crippen LogP contribution >= 0.6 is 0 Å². The van der Waals surface area contributed by atoms with E-state index in [0.29, 0.717) is 5.56 Å². The molecule has 0 amide bonds. The number of aliphatic hydroxyl groups is 1. The van der Waals surface area contributed by atoms with E-state index in [1.807, 2.05) is 0 Å². The highest BCUT2D eigenvalue weighted by molar-refractivity contribution is 5.70. The molecular weight excluding hydrogens is 213 g/mol. The maximum absolute atomic E-state index is 12.7. The Morgan fingerprint density at radius 1 is 1.44 bits per heavy atom. The normalized spacial score (nSPS) is 12.6. The Hall–Kier alpha value is -1.75. The number of rotatable bonds is 3. The molecule has 0 saturated carbocycles. The highest BCUT2D eigenvalue weighted by Gasteiger charge is 2.24. The summed E-state index contributed by atoms with van der Waals surface area (Å²) in [5.41, 5.74) is -0.798. The summed E-state index contributed by atoms with van der Waals surface area (Å²) < 4.78 is 12.7. The summed E-state index contributed by atoms with van der Waals surface area (Å²) in [6, 6.07) is 5.16. The van der Waals surface area contributed by atoms with Crippen LogP contribution in [0.3, 0.4) is 0 Å². The van der Waals surface area contributed by atoms with Crippen molar-refractivity contribution < 1.29 is 14.4 Å². The number of halogens is 1. The Labute approximate surface area is 92.2 Å². The van der Waals surface area contributed by atoms with Gasteiger partial charge in [-0.2, -0.15) is 0 Å². The smallest absolute Gasteiger partial charge is 0.241 e. The van der Waals surface area contributed by atoms with Gasteiger partial charge in [-0.05, 0) is 31.5 Å². The molecule has 0 aromatic heterocycles. The van der Waals surface area contributed by atoms with Gasteiger partial charge in [0.25, 0.3) is 0 Å². The fourth-order valence-corrected chi connectivity index (χ4v) is 1.32. The van der Waals surface area contributed by atoms with Crippen LogP contribution < -0.4 is 0 Å². The fraction of sp³-hybridized carbons (Fsp3) is 0.273. The van der Waals surface area contributed by atoms with Crippen LogP contribution in [0, 0.1) is 15.9 Å². The van der Waals surface area contributed by atoms with E-state index in [1.54, 1.807) is 0 Å². The lowest BCUT2D eigenvalue weighted by Crippen LogP contribution is -2.21. The van der Waals surface area contributed by atoms with Gasteiger partial charge in [0.1, 0.15) is 5.82 Å². The van der Waals surface area contributed by atoms with Crippen molar-refractivity contribution in [3.63, 3.8) is 0 Å². The van der Waals surface area contributed by atoms with E-state index in [2.05, 4.69) is 0 Å². The Bertz CT molecular complexity index is 418. The first-order valence-electron chi connectivity index (χ1n) is 4.65. The molecule has 0 aliphatic carbocycles. The summed E-state index contributed by atoms with van der Waals surface area (Å²) >= 11 is 0. The largest absolute Gasteiger partial charge is 0.385 e. The molecular formula is C11H12FNO3. The van der Waals surface area contributed by atoms with Crippen molar-refractivity contribution in [3.8, 4) is 0 Å². The summed E-state index contributed by atoms with van der Waals surface area (Å²) in [7, 11) is 0. The third-order valence-electron chi connectivity index (χ3n) is 2.05. The molecule has 0 spiro atoms. The summed E-state index contributed by atoms with van der Waals surface area (Å²) in [4.78, 5) is 9.80. The van der Waals surface area contributed by atoms with Crippen LogP contribution in [0.15, 0.2) is 30.5 Å². The molecule has 1 rings (SSSR count). The standard InChI is InChI=1S/C11H12FNO3/c1-11(2,14)10(7-13(15)16)8-3-5-9(12)6-4-8/h3-7,14H,1-2H3/b10-7+. The molecule has 1 aromatic carbocycles. The zero-order valence-corrected chi connectivity index (χ0v) is 8.98. The van der Waals surface area contributed by atoms with E-state index < -0.39 is 16.3 Å². The molecule has 16 heavy (non-hydrogen) atoms. The molecule has 0 fully saturated rings. The summed E-state index contributed by atoms with van der Waals surface area (Å²) in [6.45, 7) is 2.87. The van der Waals surface area contributed by atoms with Crippen molar-refractivity contribution in [3.05, 3.63) is 52.0 Å². The maximum atomic E-state index is 12.7. The average Bonchev–Trinajstić information content (AvgIpc) is 2.14. The Balaban J connectivity index is 3.23. The quantitative estimate of drug-likeness (QED) is 0.633. The zero-order chi connectivity index (χ0) is 12.3. The van der Waals surface area contributed by atoms with Gasteiger partial charge < -0.3 is 5.11 Å². The van der Waals surface area contributed by atoms with E-state index in [4.69, 9.17) is 0 Å². The monoisotopic (exact) mass is 225 g/mol. The third-order valence-corrected chi connectivity index (χ3v) is 2.05. The molecule has 1 N–H and O–H groups in total. The van der Waals surface area contributed by atoms with Crippen LogP contribution in [0.25, 0.3) is 5.57 Å². The SMILES string of the molecule is CC(C)(O)/C(=C/[N+](=O)[O-])c1ccc(F)cc1. The van der Waals surface area contributed by atoms with Crippen LogP contribution in [-0.4, -0.2) is 15.6 Å². The van der Waals surface area contributed by atoms with Crippen molar-refractivity contribution in [2.24, 2.45) is 0 Å². The van der Waals surface area contributed by atoms with Crippen LogP contribution in [0.4, 0.5) is 4.39 Å². The highest BCUT2D eigenvalue weighted by Crippen LogP contribution is 2.26. The number of hydrogen-bond acceptors (Lipinski definition) is 3. The summed E-state index contributed by atoms with van der Waals surface area (Å²) in [6.07, 6.45) is 0.729. The molecule has 0 heterocycles. The van der Waals surface area contributed by atoms with Gasteiger partial charge in [0.2, 0.25) is 6.20 Å². The van der Waals surface area contributed by atoms with Gasteiger partial charge in [0.05, 0.1) is 16.1 Å². The lowest BCUT2D eigenvalue weighted by Gasteiger charge is -2.19. The molecule has 0 saturated heterocycles. The van der Waals surface area contributed by atoms with Crippen LogP contribution in [0.1, 0.15) is 19.4 Å². The number of nitrogens with zero attached hydrogens (tertiary/aromatic N) is 1. The zero-order valence-electron chi connectivity index (χ0n) is 8.98. The van der Waals surface area contributed by atoms with Crippen molar-refractivity contribution in [1.29, 1.82) is 0 Å². The third kappa shape index (κ3) is 3.13. The number of nitro groups is 1. The van der Waals surface area contributed by atoms with Gasteiger partial charge in [0.15, 0.2) is 0 Å². The highest BCUT2D eigenvalue weighted by atomic mass is 19.1. The minimum Gasteiger partial charge on any atom is -0.385 e. The fourth-order valence-electron chi connectivity index (χ4n) is 1.32. The lowest BCUT2D eigenvalue weighted by atomic mass is 9.92. The second kappa shape index (κ2) is 4.40. The second-order valence-electron chi connectivity index (χ2n) is 3.89. The molecule has 0 aliphatic rings. The summed E-state index contributed by atoms with van der Waals surface area (Å²) in [5.74, 6) is -0.431. The molecule has 1 aromatic rings. The Kier molecular flexibility index (Phi) is 3.39. The molecule has 0 aliphatic heterocycles. The van der Waals surface area contributed by atoms with E-state index in [-0.39, 0.29) is 5.57 Å². The van der Waals surface area contributed by atoms with Gasteiger partial charge in [-0.15, -0.1) is 0 Å². The van der Waals surface area contributed by atoms with Gasteiger partial charge in [0, 0.05) is 0 Å². The first-order valence-corrected chi connectivity index (χ1v) is 4.65. The van der Waals surface area contributed by atoms with E-state index in [1.165, 1.54) is 38.1 Å². The molecule has 0 atom stereocenters. The molecule has 0 radical (unpaired) electrons. The second-order valence-corrected chi connectivity index (χ2v) is 3.89. The van der Waals surface area contributed by atoms with Crippen LogP contribution in [0.2, 0.25) is 0 Å². The van der Waals surface area contributed by atoms with E-state index in [9.17, 15) is 19.6 Å². The Morgan fingerprint density at radius 2 is 1.94 bits per heavy atom. The molecule has 0 unspecified atom stereocenters. The van der Waals surface area contributed by atoms with Crippen LogP contribution in [0.5, 0.6) is 0 Å². The van der Waals surface area contributed by atoms with Gasteiger partial charge in [-0.1, -0.05) is 12.1 Å². The first kappa shape index (κ1) is 12.3. The molecule has 4 nitrogen and oxygen atoms in total. The summed E-state index contributed by atoms with van der Waals surface area (Å²) in [5, 5.41) is 20.2. The predicted molar refractivity (Wildman–Crippen MR) is 57.7 cm³/mol. The minimum atomic E-state index is -1.36. The number of hydrogen-bond donors (Lipinski definition) is 1. The van der Waals surface area contributed by atoms with Crippen molar-refractivity contribution in [1.82, 2.24) is 0 Å². The first-order chi connectivity index (χ1) is 7.30. The van der Waals surface area contributed by atoms with Gasteiger partial charge in [-0.25, -0.2) is 4.39 Å². The van der Waals surface area contributed by atoms with Crippen molar-refractivity contribution in [2.75, 3.05) is 0 Å². The van der Waals surface area contributed by atoms with Crippen LogP contribution in [-0.2, 0) is 0 Å². The van der Waals surface area contributed by atoms with Crippen molar-refractivity contribution in [2.45, 2.75) is 19.4 Å².